The van der Waals surface area contributed by atoms with Crippen LogP contribution in [0, 0.1) is 6.92 Å². The summed E-state index contributed by atoms with van der Waals surface area (Å²) in [6.07, 6.45) is 5.58. The number of fused-ring (bicyclic) bond motifs is 1. The minimum atomic E-state index is 0. The highest BCUT2D eigenvalue weighted by Crippen LogP contribution is 2.07. The second-order valence-corrected chi connectivity index (χ2v) is 3.17. The van der Waals surface area contributed by atoms with Gasteiger partial charge in [0.1, 0.15) is 4.60 Å². The Morgan fingerprint density at radius 2 is 2.17 bits per heavy atom. The summed E-state index contributed by atoms with van der Waals surface area (Å²) in [6.45, 7) is 1.96. The number of hydrogen-bond acceptors (Lipinski definition) is 2. The lowest BCUT2D eigenvalue weighted by Gasteiger charge is -1.90. The molecule has 0 atom stereocenters. The Labute approximate surface area is 88.7 Å². The number of rotatable bonds is 0. The van der Waals surface area contributed by atoms with Gasteiger partial charge in [-0.2, -0.15) is 0 Å². The van der Waals surface area contributed by atoms with Crippen molar-refractivity contribution < 1.29 is 0 Å². The van der Waals surface area contributed by atoms with Crippen LogP contribution in [0.15, 0.2) is 23.2 Å². The minimum absolute atomic E-state index is 0. The van der Waals surface area contributed by atoms with E-state index in [1.165, 1.54) is 0 Å². The van der Waals surface area contributed by atoms with E-state index < -0.39 is 0 Å². The van der Waals surface area contributed by atoms with Gasteiger partial charge >= 0.3 is 0 Å². The number of hydrogen-bond donors (Lipinski definition) is 0. The topological polar surface area (TPSA) is 30.2 Å². The summed E-state index contributed by atoms with van der Waals surface area (Å²) in [5, 5.41) is 0. The molecule has 0 fully saturated rings. The van der Waals surface area contributed by atoms with Crippen LogP contribution in [0.5, 0.6) is 0 Å². The largest absolute Gasteiger partial charge is 0.303 e. The summed E-state index contributed by atoms with van der Waals surface area (Å²) < 4.78 is 2.76. The van der Waals surface area contributed by atoms with Gasteiger partial charge in [0.2, 0.25) is 0 Å². The average Bonchev–Trinajstić information content (AvgIpc) is 2.27. The fraction of sp³-hybridized carbons (Fsp3) is 0.143. The van der Waals surface area contributed by atoms with Crippen LogP contribution < -0.4 is 0 Å². The molecule has 2 aromatic heterocycles. The van der Waals surface area contributed by atoms with Gasteiger partial charge in [-0.3, -0.25) is 0 Å². The number of aryl methyl sites for hydroxylation is 1. The molecule has 0 amide bonds. The Morgan fingerprint density at radius 3 is 2.92 bits per heavy atom. The van der Waals surface area contributed by atoms with E-state index in [0.29, 0.717) is 0 Å². The van der Waals surface area contributed by atoms with Gasteiger partial charge in [0.15, 0.2) is 5.65 Å². The second kappa shape index (κ2) is 3.53. The normalized spacial score (nSPS) is 9.83. The highest BCUT2D eigenvalue weighted by molar-refractivity contribution is 9.10. The van der Waals surface area contributed by atoms with Gasteiger partial charge in [-0.05, 0) is 22.9 Å². The molecular weight excluding hydrogens is 286 g/mol. The molecule has 0 N–H and O–H groups in total. The maximum absolute atomic E-state index is 4.23. The number of imidazole rings is 1. The Bertz CT molecular complexity index is 396. The standard InChI is InChI=1S/C7H6BrN3.BrH/c1-5-3-11-4-6(8)9-2-7(11)10-5;/h2-4H,1H3;1H. The molecule has 64 valence electrons. The quantitative estimate of drug-likeness (QED) is 0.746. The molecule has 0 aromatic carbocycles. The molecule has 2 heterocycles. The van der Waals surface area contributed by atoms with E-state index in [0.717, 1.165) is 15.9 Å². The summed E-state index contributed by atoms with van der Waals surface area (Å²) in [5.74, 6) is 0. The molecule has 2 rings (SSSR count). The van der Waals surface area contributed by atoms with Crippen molar-refractivity contribution in [1.82, 2.24) is 14.4 Å². The first kappa shape index (κ1) is 9.67. The van der Waals surface area contributed by atoms with Crippen molar-refractivity contribution in [2.75, 3.05) is 0 Å². The monoisotopic (exact) mass is 291 g/mol. The van der Waals surface area contributed by atoms with Crippen LogP contribution in [0.1, 0.15) is 5.69 Å². The molecule has 3 nitrogen and oxygen atoms in total. The Balaban J connectivity index is 0.000000720. The molecule has 0 aliphatic carbocycles. The summed E-state index contributed by atoms with van der Waals surface area (Å²) in [6, 6.07) is 0. The third kappa shape index (κ3) is 1.67. The van der Waals surface area contributed by atoms with Crippen LogP contribution in [-0.2, 0) is 0 Å². The maximum atomic E-state index is 4.23. The van der Waals surface area contributed by atoms with Crippen LogP contribution in [0.4, 0.5) is 0 Å². The molecule has 0 unspecified atom stereocenters. The highest BCUT2D eigenvalue weighted by Gasteiger charge is 1.96. The number of aromatic nitrogens is 3. The fourth-order valence-corrected chi connectivity index (χ4v) is 1.32. The number of nitrogens with zero attached hydrogens (tertiary/aromatic N) is 3. The van der Waals surface area contributed by atoms with Crippen molar-refractivity contribution in [3.8, 4) is 0 Å². The zero-order valence-electron chi connectivity index (χ0n) is 6.36. The van der Waals surface area contributed by atoms with Gasteiger partial charge in [-0.25, -0.2) is 9.97 Å². The summed E-state index contributed by atoms with van der Waals surface area (Å²) in [5.41, 5.74) is 1.88. The summed E-state index contributed by atoms with van der Waals surface area (Å²) >= 11 is 3.28. The first-order valence-electron chi connectivity index (χ1n) is 3.22. The van der Waals surface area contributed by atoms with Crippen LogP contribution in [0.3, 0.4) is 0 Å². The minimum Gasteiger partial charge on any atom is -0.303 e. The zero-order valence-corrected chi connectivity index (χ0v) is 9.66. The van der Waals surface area contributed by atoms with Crippen LogP contribution >= 0.6 is 32.9 Å². The van der Waals surface area contributed by atoms with E-state index in [1.54, 1.807) is 6.20 Å². The molecule has 0 aliphatic rings. The van der Waals surface area contributed by atoms with Gasteiger partial charge < -0.3 is 4.40 Å². The lowest BCUT2D eigenvalue weighted by Crippen LogP contribution is -1.84. The molecule has 5 heteroatoms. The number of halogens is 2. The first-order valence-corrected chi connectivity index (χ1v) is 4.02. The lowest BCUT2D eigenvalue weighted by atomic mass is 10.6. The predicted octanol–water partition coefficient (Wildman–Crippen LogP) is 2.38. The third-order valence-corrected chi connectivity index (χ3v) is 1.84. The molecule has 2 aromatic rings. The van der Waals surface area contributed by atoms with Crippen molar-refractivity contribution >= 4 is 38.6 Å². The van der Waals surface area contributed by atoms with E-state index in [4.69, 9.17) is 0 Å². The predicted molar refractivity (Wildman–Crippen MR) is 55.7 cm³/mol. The van der Waals surface area contributed by atoms with Crippen LogP contribution in [0.25, 0.3) is 5.65 Å². The van der Waals surface area contributed by atoms with E-state index in [-0.39, 0.29) is 17.0 Å². The van der Waals surface area contributed by atoms with E-state index >= 15 is 0 Å². The van der Waals surface area contributed by atoms with Gasteiger partial charge in [0.05, 0.1) is 11.9 Å². The van der Waals surface area contributed by atoms with Crippen LogP contribution in [0.2, 0.25) is 0 Å². The molecule has 0 radical (unpaired) electrons. The van der Waals surface area contributed by atoms with Crippen molar-refractivity contribution in [3.05, 3.63) is 28.9 Å². The SMILES string of the molecule is Br.Cc1cn2cc(Br)ncc2n1. The van der Waals surface area contributed by atoms with E-state index in [2.05, 4.69) is 25.9 Å². The first-order chi connectivity index (χ1) is 5.25. The van der Waals surface area contributed by atoms with Gasteiger partial charge in [0.25, 0.3) is 0 Å². The maximum Gasteiger partial charge on any atom is 0.155 e. The van der Waals surface area contributed by atoms with E-state index in [9.17, 15) is 0 Å². The van der Waals surface area contributed by atoms with Crippen molar-refractivity contribution in [2.24, 2.45) is 0 Å². The van der Waals surface area contributed by atoms with Crippen molar-refractivity contribution in [2.45, 2.75) is 6.92 Å². The van der Waals surface area contributed by atoms with Gasteiger partial charge in [-0.1, -0.05) is 0 Å². The smallest absolute Gasteiger partial charge is 0.155 e. The molecule has 0 saturated carbocycles. The summed E-state index contributed by atoms with van der Waals surface area (Å²) in [4.78, 5) is 8.29. The average molecular weight is 293 g/mol. The molecular formula is C7H7Br2N3. The molecule has 0 aliphatic heterocycles. The molecule has 0 saturated heterocycles. The fourth-order valence-electron chi connectivity index (χ4n) is 1.00. The molecule has 0 spiro atoms. The molecule has 12 heavy (non-hydrogen) atoms. The van der Waals surface area contributed by atoms with Gasteiger partial charge in [0, 0.05) is 12.4 Å². The van der Waals surface area contributed by atoms with Crippen LogP contribution in [-0.4, -0.2) is 14.4 Å². The zero-order chi connectivity index (χ0) is 7.84. The molecule has 0 bridgehead atoms. The van der Waals surface area contributed by atoms with Crippen molar-refractivity contribution in [3.63, 3.8) is 0 Å². The Kier molecular flexibility index (Phi) is 2.85. The highest BCUT2D eigenvalue weighted by atomic mass is 79.9. The van der Waals surface area contributed by atoms with Crippen molar-refractivity contribution in [1.29, 1.82) is 0 Å². The Hall–Kier alpha value is -0.420. The Morgan fingerprint density at radius 1 is 1.42 bits per heavy atom. The third-order valence-electron chi connectivity index (χ3n) is 1.43. The van der Waals surface area contributed by atoms with E-state index in [1.807, 2.05) is 23.7 Å². The second-order valence-electron chi connectivity index (χ2n) is 2.36. The summed E-state index contributed by atoms with van der Waals surface area (Å²) in [7, 11) is 0. The van der Waals surface area contributed by atoms with Gasteiger partial charge in [-0.15, -0.1) is 17.0 Å². The lowest BCUT2D eigenvalue weighted by molar-refractivity contribution is 1.10.